The summed E-state index contributed by atoms with van der Waals surface area (Å²) in [5, 5.41) is 1.04. The van der Waals surface area contributed by atoms with Crippen LogP contribution in [0, 0.1) is 0 Å². The Kier molecular flexibility index (Phi) is 3.16. The Labute approximate surface area is 137 Å². The fraction of sp³-hybridized carbons (Fsp3) is 0.176. The van der Waals surface area contributed by atoms with Crippen molar-refractivity contribution in [2.24, 2.45) is 0 Å². The van der Waals surface area contributed by atoms with Gasteiger partial charge in [0.1, 0.15) is 0 Å². The van der Waals surface area contributed by atoms with Gasteiger partial charge in [0.15, 0.2) is 0 Å². The Morgan fingerprint density at radius 3 is 2.55 bits per heavy atom. The summed E-state index contributed by atoms with van der Waals surface area (Å²) in [5.41, 5.74) is 2.89. The molecule has 4 rings (SSSR count). The van der Waals surface area contributed by atoms with Gasteiger partial charge in [0, 0.05) is 15.6 Å². The predicted octanol–water partition coefficient (Wildman–Crippen LogP) is 4.13. The van der Waals surface area contributed by atoms with Crippen molar-refractivity contribution in [1.29, 1.82) is 0 Å². The van der Waals surface area contributed by atoms with Crippen LogP contribution in [-0.4, -0.2) is 12.4 Å². The van der Waals surface area contributed by atoms with Crippen molar-refractivity contribution < 1.29 is 8.42 Å². The van der Waals surface area contributed by atoms with E-state index in [0.29, 0.717) is 4.90 Å². The summed E-state index contributed by atoms with van der Waals surface area (Å²) in [6.45, 7) is 0. The topological polar surface area (TPSA) is 39.1 Å². The number of fused-ring (bicyclic) bond motifs is 3. The first-order valence-electron chi connectivity index (χ1n) is 7.21. The van der Waals surface area contributed by atoms with E-state index in [9.17, 15) is 8.42 Å². The van der Waals surface area contributed by atoms with Gasteiger partial charge < -0.3 is 0 Å². The maximum atomic E-state index is 13.1. The number of aryl methyl sites for hydroxylation is 1. The third kappa shape index (κ3) is 1.96. The largest absolute Gasteiger partial charge is 0.268 e. The van der Waals surface area contributed by atoms with Crippen LogP contribution in [0.5, 0.6) is 0 Å². The number of aromatic nitrogens is 1. The molecular formula is C17H14BrNO2S. The van der Waals surface area contributed by atoms with E-state index < -0.39 is 10.0 Å². The standard InChI is InChI=1S/C17H14BrNO2S/c18-12-9-10-17-15(11-12)14-7-4-8-16(14)19(17)22(20,21)13-5-2-1-3-6-13/h1-3,5-6,9-11H,4,7-8H2. The van der Waals surface area contributed by atoms with Gasteiger partial charge in [0.2, 0.25) is 0 Å². The molecule has 3 aromatic rings. The quantitative estimate of drug-likeness (QED) is 0.675. The number of rotatable bonds is 2. The molecule has 0 saturated carbocycles. The third-order valence-corrected chi connectivity index (χ3v) is 6.48. The normalized spacial score (nSPS) is 14.4. The Balaban J connectivity index is 2.08. The number of hydrogen-bond donors (Lipinski definition) is 0. The minimum absolute atomic E-state index is 0.338. The Morgan fingerprint density at radius 1 is 1.00 bits per heavy atom. The Bertz CT molecular complexity index is 975. The molecule has 3 nitrogen and oxygen atoms in total. The number of hydrogen-bond acceptors (Lipinski definition) is 2. The molecule has 0 unspecified atom stereocenters. The van der Waals surface area contributed by atoms with Crippen molar-refractivity contribution in [3.05, 3.63) is 64.3 Å². The van der Waals surface area contributed by atoms with Gasteiger partial charge in [-0.1, -0.05) is 34.1 Å². The molecule has 1 aromatic heterocycles. The predicted molar refractivity (Wildman–Crippen MR) is 90.7 cm³/mol. The molecule has 0 bridgehead atoms. The second kappa shape index (κ2) is 4.96. The maximum Gasteiger partial charge on any atom is 0.268 e. The van der Waals surface area contributed by atoms with Crippen molar-refractivity contribution in [3.8, 4) is 0 Å². The summed E-state index contributed by atoms with van der Waals surface area (Å²) in [6, 6.07) is 14.5. The Morgan fingerprint density at radius 2 is 1.77 bits per heavy atom. The summed E-state index contributed by atoms with van der Waals surface area (Å²) in [6.07, 6.45) is 2.77. The maximum absolute atomic E-state index is 13.1. The van der Waals surface area contributed by atoms with Gasteiger partial charge in [-0.2, -0.15) is 0 Å². The van der Waals surface area contributed by atoms with Crippen LogP contribution in [-0.2, 0) is 22.9 Å². The highest BCUT2D eigenvalue weighted by atomic mass is 79.9. The lowest BCUT2D eigenvalue weighted by molar-refractivity contribution is 0.587. The van der Waals surface area contributed by atoms with E-state index >= 15 is 0 Å². The van der Waals surface area contributed by atoms with Crippen LogP contribution in [0.3, 0.4) is 0 Å². The first-order valence-corrected chi connectivity index (χ1v) is 9.45. The van der Waals surface area contributed by atoms with Gasteiger partial charge in [-0.05, 0) is 55.2 Å². The minimum Gasteiger partial charge on any atom is -0.238 e. The molecule has 22 heavy (non-hydrogen) atoms. The van der Waals surface area contributed by atoms with E-state index in [0.717, 1.165) is 40.3 Å². The number of halogens is 1. The molecule has 0 aliphatic heterocycles. The zero-order valence-corrected chi connectivity index (χ0v) is 14.2. The number of benzene rings is 2. The molecule has 1 heterocycles. The lowest BCUT2D eigenvalue weighted by Crippen LogP contribution is -2.15. The molecule has 1 aliphatic carbocycles. The molecular weight excluding hydrogens is 362 g/mol. The van der Waals surface area contributed by atoms with Gasteiger partial charge in [0.05, 0.1) is 10.4 Å². The molecule has 0 saturated heterocycles. The van der Waals surface area contributed by atoms with Crippen LogP contribution in [0.15, 0.2) is 57.9 Å². The molecule has 0 fully saturated rings. The van der Waals surface area contributed by atoms with E-state index in [2.05, 4.69) is 15.9 Å². The van der Waals surface area contributed by atoms with Crippen molar-refractivity contribution >= 4 is 36.9 Å². The van der Waals surface area contributed by atoms with E-state index in [-0.39, 0.29) is 0 Å². The minimum atomic E-state index is -3.56. The summed E-state index contributed by atoms with van der Waals surface area (Å²) in [5.74, 6) is 0. The average Bonchev–Trinajstić information content (AvgIpc) is 3.08. The van der Waals surface area contributed by atoms with E-state index in [1.54, 1.807) is 28.2 Å². The van der Waals surface area contributed by atoms with Crippen LogP contribution < -0.4 is 0 Å². The highest BCUT2D eigenvalue weighted by Crippen LogP contribution is 2.36. The highest BCUT2D eigenvalue weighted by molar-refractivity contribution is 9.10. The molecule has 0 radical (unpaired) electrons. The molecule has 5 heteroatoms. The first-order chi connectivity index (χ1) is 10.6. The van der Waals surface area contributed by atoms with Crippen LogP contribution in [0.1, 0.15) is 17.7 Å². The lowest BCUT2D eigenvalue weighted by Gasteiger charge is -2.11. The van der Waals surface area contributed by atoms with E-state index in [4.69, 9.17) is 0 Å². The average molecular weight is 376 g/mol. The summed E-state index contributed by atoms with van der Waals surface area (Å²) in [4.78, 5) is 0.338. The van der Waals surface area contributed by atoms with Crippen LogP contribution in [0.25, 0.3) is 10.9 Å². The van der Waals surface area contributed by atoms with Gasteiger partial charge >= 0.3 is 0 Å². The molecule has 1 aliphatic rings. The number of nitrogens with zero attached hydrogens (tertiary/aromatic N) is 1. The second-order valence-corrected chi connectivity index (χ2v) is 8.23. The highest BCUT2D eigenvalue weighted by Gasteiger charge is 2.28. The van der Waals surface area contributed by atoms with Crippen molar-refractivity contribution in [2.45, 2.75) is 24.2 Å². The third-order valence-electron chi connectivity index (χ3n) is 4.22. The molecule has 0 spiro atoms. The smallest absolute Gasteiger partial charge is 0.238 e. The van der Waals surface area contributed by atoms with Crippen molar-refractivity contribution in [3.63, 3.8) is 0 Å². The van der Waals surface area contributed by atoms with Crippen molar-refractivity contribution in [1.82, 2.24) is 3.97 Å². The van der Waals surface area contributed by atoms with Crippen LogP contribution >= 0.6 is 15.9 Å². The summed E-state index contributed by atoms with van der Waals surface area (Å²) in [7, 11) is -3.56. The molecule has 0 atom stereocenters. The molecule has 2 aromatic carbocycles. The molecule has 0 N–H and O–H groups in total. The fourth-order valence-electron chi connectivity index (χ4n) is 3.29. The molecule has 112 valence electrons. The summed E-state index contributed by atoms with van der Waals surface area (Å²) >= 11 is 3.49. The van der Waals surface area contributed by atoms with Gasteiger partial charge in [-0.15, -0.1) is 0 Å². The van der Waals surface area contributed by atoms with E-state index in [1.807, 2.05) is 24.3 Å². The lowest BCUT2D eigenvalue weighted by atomic mass is 10.1. The first kappa shape index (κ1) is 14.0. The monoisotopic (exact) mass is 375 g/mol. The van der Waals surface area contributed by atoms with E-state index in [1.165, 1.54) is 5.56 Å². The fourth-order valence-corrected chi connectivity index (χ4v) is 5.27. The second-order valence-electron chi connectivity index (χ2n) is 5.52. The van der Waals surface area contributed by atoms with Crippen molar-refractivity contribution in [2.75, 3.05) is 0 Å². The zero-order chi connectivity index (χ0) is 15.3. The van der Waals surface area contributed by atoms with Gasteiger partial charge in [0.25, 0.3) is 10.0 Å². The zero-order valence-electron chi connectivity index (χ0n) is 11.8. The Hall–Kier alpha value is -1.59. The molecule has 0 amide bonds. The van der Waals surface area contributed by atoms with Gasteiger partial charge in [-0.25, -0.2) is 12.4 Å². The summed E-state index contributed by atoms with van der Waals surface area (Å²) < 4.78 is 28.7. The van der Waals surface area contributed by atoms with Crippen LogP contribution in [0.4, 0.5) is 0 Å². The van der Waals surface area contributed by atoms with Gasteiger partial charge in [-0.3, -0.25) is 0 Å². The SMILES string of the molecule is O=S(=O)(c1ccccc1)n1c2c(c3cc(Br)ccc31)CCC2. The van der Waals surface area contributed by atoms with Crippen LogP contribution in [0.2, 0.25) is 0 Å².